The van der Waals surface area contributed by atoms with E-state index in [0.717, 1.165) is 5.75 Å². The minimum atomic E-state index is 0.443. The Balaban J connectivity index is 1.68. The second-order valence-electron chi connectivity index (χ2n) is 6.11. The smallest absolute Gasteiger partial charge is 0.119 e. The Labute approximate surface area is 114 Å². The molecule has 1 heteroatoms. The van der Waals surface area contributed by atoms with Gasteiger partial charge in [-0.05, 0) is 65.5 Å². The zero-order chi connectivity index (χ0) is 12.9. The lowest BCUT2D eigenvalue weighted by molar-refractivity contribution is 0.326. The van der Waals surface area contributed by atoms with Crippen LogP contribution in [0.5, 0.6) is 5.75 Å². The van der Waals surface area contributed by atoms with Crippen LogP contribution in [0.25, 0.3) is 0 Å². The van der Waals surface area contributed by atoms with Crippen LogP contribution >= 0.6 is 0 Å². The third kappa shape index (κ3) is 1.68. The predicted molar refractivity (Wildman–Crippen MR) is 76.7 cm³/mol. The molecule has 0 saturated heterocycles. The Hall–Kier alpha value is -1.76. The molecule has 0 N–H and O–H groups in total. The normalized spacial score (nSPS) is 18.4. The van der Waals surface area contributed by atoms with E-state index in [1.165, 1.54) is 36.8 Å². The predicted octanol–water partition coefficient (Wildman–Crippen LogP) is 3.58. The molecule has 0 amide bonds. The van der Waals surface area contributed by atoms with Crippen molar-refractivity contribution in [2.24, 2.45) is 5.41 Å². The molecule has 0 bridgehead atoms. The van der Waals surface area contributed by atoms with Crippen LogP contribution in [0, 0.1) is 5.41 Å². The third-order valence-electron chi connectivity index (χ3n) is 4.79. The molecule has 2 aliphatic carbocycles. The van der Waals surface area contributed by atoms with Gasteiger partial charge in [0.2, 0.25) is 0 Å². The van der Waals surface area contributed by atoms with Crippen LogP contribution in [0.2, 0.25) is 0 Å². The summed E-state index contributed by atoms with van der Waals surface area (Å²) in [5.41, 5.74) is 6.57. The van der Waals surface area contributed by atoms with Crippen LogP contribution in [-0.2, 0) is 25.7 Å². The molecule has 0 heterocycles. The van der Waals surface area contributed by atoms with Crippen LogP contribution in [0.15, 0.2) is 42.5 Å². The lowest BCUT2D eigenvalue weighted by Crippen LogP contribution is -2.21. The topological polar surface area (TPSA) is 9.23 Å². The average molecular weight is 250 g/mol. The van der Waals surface area contributed by atoms with E-state index < -0.39 is 0 Å². The first kappa shape index (κ1) is 11.1. The molecule has 0 radical (unpaired) electrons. The monoisotopic (exact) mass is 250 g/mol. The fourth-order valence-electron chi connectivity index (χ4n) is 3.96. The number of fused-ring (bicyclic) bond motifs is 2. The van der Waals surface area contributed by atoms with Gasteiger partial charge in [0.25, 0.3) is 0 Å². The van der Waals surface area contributed by atoms with Crippen LogP contribution in [-0.4, -0.2) is 7.11 Å². The minimum Gasteiger partial charge on any atom is -0.497 e. The van der Waals surface area contributed by atoms with E-state index in [1.807, 2.05) is 0 Å². The van der Waals surface area contributed by atoms with Crippen LogP contribution in [0.1, 0.15) is 22.3 Å². The van der Waals surface area contributed by atoms with Crippen molar-refractivity contribution in [3.8, 4) is 5.75 Å². The molecule has 4 rings (SSSR count). The summed E-state index contributed by atoms with van der Waals surface area (Å²) in [6, 6.07) is 15.5. The van der Waals surface area contributed by atoms with Gasteiger partial charge in [0.15, 0.2) is 0 Å². The van der Waals surface area contributed by atoms with Gasteiger partial charge in [0.05, 0.1) is 7.11 Å². The lowest BCUT2D eigenvalue weighted by atomic mass is 9.82. The van der Waals surface area contributed by atoms with Crippen LogP contribution in [0.4, 0.5) is 0 Å². The largest absolute Gasteiger partial charge is 0.497 e. The Morgan fingerprint density at radius 3 is 2.00 bits per heavy atom. The summed E-state index contributed by atoms with van der Waals surface area (Å²) in [5, 5.41) is 0. The molecular weight excluding hydrogens is 232 g/mol. The van der Waals surface area contributed by atoms with Crippen LogP contribution in [0.3, 0.4) is 0 Å². The van der Waals surface area contributed by atoms with Gasteiger partial charge in [0, 0.05) is 0 Å². The summed E-state index contributed by atoms with van der Waals surface area (Å²) in [7, 11) is 1.75. The molecule has 0 aliphatic heterocycles. The molecule has 2 aliphatic rings. The fraction of sp³-hybridized carbons (Fsp3) is 0.333. The second-order valence-corrected chi connectivity index (χ2v) is 6.11. The minimum absolute atomic E-state index is 0.443. The summed E-state index contributed by atoms with van der Waals surface area (Å²) < 4.78 is 5.35. The summed E-state index contributed by atoms with van der Waals surface area (Å²) in [6.45, 7) is 0. The lowest BCUT2D eigenvalue weighted by Gasteiger charge is -2.21. The van der Waals surface area contributed by atoms with E-state index in [1.54, 1.807) is 18.2 Å². The van der Waals surface area contributed by atoms with Crippen molar-refractivity contribution in [1.29, 1.82) is 0 Å². The second kappa shape index (κ2) is 3.86. The van der Waals surface area contributed by atoms with Crippen molar-refractivity contribution in [3.63, 3.8) is 0 Å². The summed E-state index contributed by atoms with van der Waals surface area (Å²) in [6.07, 6.45) is 4.90. The molecule has 0 saturated carbocycles. The van der Waals surface area contributed by atoms with Gasteiger partial charge in [-0.3, -0.25) is 0 Å². The van der Waals surface area contributed by atoms with Gasteiger partial charge >= 0.3 is 0 Å². The average Bonchev–Trinajstić information content (AvgIpc) is 2.96. The molecule has 2 aromatic carbocycles. The summed E-state index contributed by atoms with van der Waals surface area (Å²) in [4.78, 5) is 0. The molecule has 1 spiro atoms. The van der Waals surface area contributed by atoms with Gasteiger partial charge in [-0.2, -0.15) is 0 Å². The maximum Gasteiger partial charge on any atom is 0.119 e. The standard InChI is InChI=1S/C18H18O/c1-19-17-7-6-15-11-18(12-16(15)8-17)9-13-4-2-3-5-14(13)10-18/h2-8H,9-12H2,1H3. The molecule has 19 heavy (non-hydrogen) atoms. The van der Waals surface area contributed by atoms with Crippen molar-refractivity contribution in [1.82, 2.24) is 0 Å². The summed E-state index contributed by atoms with van der Waals surface area (Å²) in [5.74, 6) is 0.992. The number of hydrogen-bond donors (Lipinski definition) is 0. The molecule has 0 unspecified atom stereocenters. The first-order chi connectivity index (χ1) is 9.28. The maximum absolute atomic E-state index is 5.35. The maximum atomic E-state index is 5.35. The van der Waals surface area contributed by atoms with E-state index in [-0.39, 0.29) is 0 Å². The third-order valence-corrected chi connectivity index (χ3v) is 4.79. The molecule has 2 aromatic rings. The molecular formula is C18H18O. The Morgan fingerprint density at radius 1 is 0.789 bits per heavy atom. The number of hydrogen-bond acceptors (Lipinski definition) is 1. The number of benzene rings is 2. The Bertz CT molecular complexity index is 617. The van der Waals surface area contributed by atoms with E-state index in [9.17, 15) is 0 Å². The number of rotatable bonds is 1. The number of methoxy groups -OCH3 is 1. The fourth-order valence-corrected chi connectivity index (χ4v) is 3.96. The molecule has 1 nitrogen and oxygen atoms in total. The highest BCUT2D eigenvalue weighted by molar-refractivity contribution is 5.44. The van der Waals surface area contributed by atoms with E-state index in [4.69, 9.17) is 4.74 Å². The zero-order valence-electron chi connectivity index (χ0n) is 11.3. The van der Waals surface area contributed by atoms with Gasteiger partial charge in [-0.15, -0.1) is 0 Å². The highest BCUT2D eigenvalue weighted by atomic mass is 16.5. The van der Waals surface area contributed by atoms with Gasteiger partial charge in [0.1, 0.15) is 5.75 Å². The van der Waals surface area contributed by atoms with Crippen molar-refractivity contribution < 1.29 is 4.74 Å². The van der Waals surface area contributed by atoms with E-state index in [2.05, 4.69) is 42.5 Å². The van der Waals surface area contributed by atoms with Gasteiger partial charge in [-0.1, -0.05) is 30.3 Å². The highest BCUT2D eigenvalue weighted by Gasteiger charge is 2.41. The molecule has 0 atom stereocenters. The van der Waals surface area contributed by atoms with Crippen molar-refractivity contribution in [2.45, 2.75) is 25.7 Å². The number of ether oxygens (including phenoxy) is 1. The molecule has 0 aromatic heterocycles. The zero-order valence-corrected chi connectivity index (χ0v) is 11.3. The summed E-state index contributed by atoms with van der Waals surface area (Å²) >= 11 is 0. The van der Waals surface area contributed by atoms with Crippen molar-refractivity contribution >= 4 is 0 Å². The SMILES string of the molecule is COc1ccc2c(c1)CC1(Cc3ccccc3C1)C2. The highest BCUT2D eigenvalue weighted by Crippen LogP contribution is 2.47. The van der Waals surface area contributed by atoms with Crippen LogP contribution < -0.4 is 4.74 Å². The quantitative estimate of drug-likeness (QED) is 0.751. The Morgan fingerprint density at radius 2 is 1.37 bits per heavy atom. The first-order valence-corrected chi connectivity index (χ1v) is 7.01. The van der Waals surface area contributed by atoms with E-state index >= 15 is 0 Å². The van der Waals surface area contributed by atoms with Crippen molar-refractivity contribution in [2.75, 3.05) is 7.11 Å². The Kier molecular flexibility index (Phi) is 2.26. The van der Waals surface area contributed by atoms with Crippen molar-refractivity contribution in [3.05, 3.63) is 64.7 Å². The van der Waals surface area contributed by atoms with E-state index in [0.29, 0.717) is 5.41 Å². The van der Waals surface area contributed by atoms with Gasteiger partial charge in [-0.25, -0.2) is 0 Å². The molecule has 0 fully saturated rings. The molecule has 96 valence electrons. The van der Waals surface area contributed by atoms with Gasteiger partial charge < -0.3 is 4.74 Å². The first-order valence-electron chi connectivity index (χ1n) is 7.01.